The largest absolute Gasteiger partial charge is 0.348 e. The van der Waals surface area contributed by atoms with Crippen LogP contribution in [0.25, 0.3) is 0 Å². The summed E-state index contributed by atoms with van der Waals surface area (Å²) in [4.78, 5) is -2.62. The number of benzene rings is 1. The van der Waals surface area contributed by atoms with Crippen molar-refractivity contribution in [3.8, 4) is 0 Å². The lowest BCUT2D eigenvalue weighted by atomic mass is 9.83. The molecule has 3 aliphatic rings. The van der Waals surface area contributed by atoms with Crippen LogP contribution in [0.2, 0.25) is 0 Å². The van der Waals surface area contributed by atoms with Crippen LogP contribution in [-0.2, 0) is 9.47 Å². The smallest absolute Gasteiger partial charge is 0.183 e. The van der Waals surface area contributed by atoms with Gasteiger partial charge >= 0.3 is 0 Å². The summed E-state index contributed by atoms with van der Waals surface area (Å²) in [6, 6.07) is 9.62. The van der Waals surface area contributed by atoms with Crippen LogP contribution in [0.15, 0.2) is 40.4 Å². The molecule has 0 radical (unpaired) electrons. The monoisotopic (exact) mass is 446 g/mol. The van der Waals surface area contributed by atoms with Crippen LogP contribution >= 0.6 is 69.6 Å². The Balaban J connectivity index is 1.71. The van der Waals surface area contributed by atoms with E-state index in [1.165, 1.54) is 0 Å². The van der Waals surface area contributed by atoms with Crippen molar-refractivity contribution in [1.82, 2.24) is 0 Å². The molecule has 8 heteroatoms. The summed E-state index contributed by atoms with van der Waals surface area (Å²) in [5, 5.41) is 0.377. The van der Waals surface area contributed by atoms with Gasteiger partial charge in [-0.2, -0.15) is 0 Å². The maximum absolute atomic E-state index is 6.81. The minimum atomic E-state index is -1.56. The molecule has 2 aliphatic carbocycles. The Kier molecular flexibility index (Phi) is 4.36. The van der Waals surface area contributed by atoms with Crippen molar-refractivity contribution in [2.75, 3.05) is 13.2 Å². The van der Waals surface area contributed by atoms with Crippen molar-refractivity contribution in [3.63, 3.8) is 0 Å². The fraction of sp³-hybridized carbons (Fsp3) is 0.500. The molecule has 0 aromatic heterocycles. The van der Waals surface area contributed by atoms with Gasteiger partial charge in [-0.25, -0.2) is 0 Å². The van der Waals surface area contributed by atoms with Crippen molar-refractivity contribution in [3.05, 3.63) is 46.0 Å². The van der Waals surface area contributed by atoms with Gasteiger partial charge in [0.05, 0.1) is 23.3 Å². The average Bonchev–Trinajstić information content (AvgIpc) is 2.79. The number of hydrogen-bond acceptors (Lipinski definition) is 2. The van der Waals surface area contributed by atoms with Gasteiger partial charge in [0.25, 0.3) is 0 Å². The molecule has 1 saturated heterocycles. The van der Waals surface area contributed by atoms with Crippen LogP contribution in [0.3, 0.4) is 0 Å². The lowest BCUT2D eigenvalue weighted by Crippen LogP contribution is -2.45. The predicted molar refractivity (Wildman–Crippen MR) is 98.4 cm³/mol. The van der Waals surface area contributed by atoms with Crippen LogP contribution in [0.1, 0.15) is 11.9 Å². The van der Waals surface area contributed by atoms with Crippen molar-refractivity contribution in [2.24, 2.45) is 11.8 Å². The standard InChI is InChI=1S/C16H12Cl6O2/c17-11-12(18)15(20)10-7-24-13(8-4-2-1-3-5-8)23-6-9(10)14(11,19)16(15,21)22/h1-5,9-10,13H,6-7H2/t9-,10+,13?,14-,15+. The quantitative estimate of drug-likeness (QED) is 0.505. The molecule has 5 atom stereocenters. The summed E-state index contributed by atoms with van der Waals surface area (Å²) in [7, 11) is 0. The maximum atomic E-state index is 6.81. The van der Waals surface area contributed by atoms with Gasteiger partial charge < -0.3 is 9.47 Å². The fourth-order valence-electron chi connectivity index (χ4n) is 3.90. The summed E-state index contributed by atoms with van der Waals surface area (Å²) >= 11 is 39.5. The Bertz CT molecular complexity index is 670. The summed E-state index contributed by atoms with van der Waals surface area (Å²) < 4.78 is 10.3. The molecule has 24 heavy (non-hydrogen) atoms. The number of rotatable bonds is 1. The molecule has 1 unspecified atom stereocenters. The lowest BCUT2D eigenvalue weighted by Gasteiger charge is -2.34. The van der Waals surface area contributed by atoms with Crippen LogP contribution in [0.4, 0.5) is 0 Å². The number of ether oxygens (including phenoxy) is 2. The zero-order chi connectivity index (χ0) is 17.3. The van der Waals surface area contributed by atoms with Crippen LogP contribution < -0.4 is 0 Å². The van der Waals surface area contributed by atoms with E-state index in [0.717, 1.165) is 5.56 Å². The Morgan fingerprint density at radius 3 is 1.71 bits per heavy atom. The second-order valence-corrected chi connectivity index (χ2v) is 9.52. The molecule has 2 bridgehead atoms. The molecule has 1 aromatic carbocycles. The molecular weight excluding hydrogens is 437 g/mol. The highest BCUT2D eigenvalue weighted by Gasteiger charge is 2.82. The first kappa shape index (κ1) is 18.0. The third-order valence-corrected chi connectivity index (χ3v) is 9.53. The minimum Gasteiger partial charge on any atom is -0.348 e. The van der Waals surface area contributed by atoms with Crippen molar-refractivity contribution >= 4 is 69.6 Å². The molecule has 4 rings (SSSR count). The van der Waals surface area contributed by atoms with Gasteiger partial charge in [0.15, 0.2) is 10.6 Å². The van der Waals surface area contributed by atoms with E-state index < -0.39 is 20.4 Å². The molecule has 1 aromatic rings. The van der Waals surface area contributed by atoms with Crippen LogP contribution in [-0.4, -0.2) is 27.3 Å². The zero-order valence-corrected chi connectivity index (χ0v) is 16.7. The van der Waals surface area contributed by atoms with E-state index in [-0.39, 0.29) is 35.1 Å². The Labute approximate surface area is 169 Å². The third kappa shape index (κ3) is 2.00. The number of halogens is 6. The first-order valence-corrected chi connectivity index (χ1v) is 9.63. The van der Waals surface area contributed by atoms with E-state index in [4.69, 9.17) is 79.1 Å². The summed E-state index contributed by atoms with van der Waals surface area (Å²) in [5.41, 5.74) is 0.908. The van der Waals surface area contributed by atoms with Gasteiger partial charge in [-0.15, -0.1) is 23.2 Å². The van der Waals surface area contributed by atoms with Gasteiger partial charge in [0.1, 0.15) is 9.75 Å². The van der Waals surface area contributed by atoms with Crippen molar-refractivity contribution < 1.29 is 9.47 Å². The van der Waals surface area contributed by atoms with Crippen LogP contribution in [0, 0.1) is 11.8 Å². The van der Waals surface area contributed by atoms with E-state index >= 15 is 0 Å². The second kappa shape index (κ2) is 5.81. The summed E-state index contributed by atoms with van der Waals surface area (Å²) in [5.74, 6) is -0.647. The highest BCUT2D eigenvalue weighted by molar-refractivity contribution is 6.65. The fourth-order valence-corrected chi connectivity index (χ4v) is 6.96. The normalized spacial score (nSPS) is 43.7. The van der Waals surface area contributed by atoms with Crippen molar-refractivity contribution in [1.29, 1.82) is 0 Å². The highest BCUT2D eigenvalue weighted by atomic mass is 35.5. The molecule has 130 valence electrons. The molecule has 2 fully saturated rings. The average molecular weight is 449 g/mol. The third-order valence-electron chi connectivity index (χ3n) is 5.18. The van der Waals surface area contributed by atoms with Crippen molar-refractivity contribution in [2.45, 2.75) is 20.4 Å². The molecule has 2 nitrogen and oxygen atoms in total. The lowest BCUT2D eigenvalue weighted by molar-refractivity contribution is -0.136. The van der Waals surface area contributed by atoms with Crippen LogP contribution in [0.5, 0.6) is 0 Å². The molecule has 1 heterocycles. The van der Waals surface area contributed by atoms with Gasteiger partial charge in [-0.3, -0.25) is 0 Å². The molecule has 0 N–H and O–H groups in total. The Hall–Kier alpha value is 0.620. The number of alkyl halides is 4. The molecular formula is C16H12Cl6O2. The first-order chi connectivity index (χ1) is 11.3. The predicted octanol–water partition coefficient (Wildman–Crippen LogP) is 5.81. The van der Waals surface area contributed by atoms with Gasteiger partial charge in [-0.05, 0) is 0 Å². The second-order valence-electron chi connectivity index (χ2n) is 6.25. The van der Waals surface area contributed by atoms with E-state index in [2.05, 4.69) is 0 Å². The highest BCUT2D eigenvalue weighted by Crippen LogP contribution is 2.76. The first-order valence-electron chi connectivity index (χ1n) is 7.36. The molecule has 1 saturated carbocycles. The maximum Gasteiger partial charge on any atom is 0.183 e. The topological polar surface area (TPSA) is 18.5 Å². The molecule has 0 amide bonds. The minimum absolute atomic E-state index is 0.189. The Morgan fingerprint density at radius 2 is 1.25 bits per heavy atom. The van der Waals surface area contributed by atoms with E-state index in [1.54, 1.807) is 0 Å². The van der Waals surface area contributed by atoms with E-state index in [0.29, 0.717) is 0 Å². The Morgan fingerprint density at radius 1 is 0.792 bits per heavy atom. The SMILES string of the molecule is ClC1=C(Cl)[C@]2(Cl)[C@@H]3COC(c4ccccc4)OC[C@@H]3[C@@]1(Cl)C2(Cl)Cl. The number of hydrogen-bond donors (Lipinski definition) is 0. The van der Waals surface area contributed by atoms with Gasteiger partial charge in [0.2, 0.25) is 0 Å². The summed E-state index contributed by atoms with van der Waals surface area (Å²) in [6.07, 6.45) is -0.519. The van der Waals surface area contributed by atoms with Gasteiger partial charge in [-0.1, -0.05) is 76.7 Å². The number of fused-ring (bicyclic) bond motifs is 5. The molecule has 1 aliphatic heterocycles. The van der Waals surface area contributed by atoms with Gasteiger partial charge in [0, 0.05) is 17.4 Å². The zero-order valence-electron chi connectivity index (χ0n) is 12.1. The van der Waals surface area contributed by atoms with E-state index in [9.17, 15) is 0 Å². The number of allylic oxidation sites excluding steroid dienone is 2. The molecule has 0 spiro atoms. The summed E-state index contributed by atoms with van der Waals surface area (Å²) in [6.45, 7) is 0.507. The van der Waals surface area contributed by atoms with E-state index in [1.807, 2.05) is 30.3 Å².